The molecular formula is C14H17N5O6S. The highest BCUT2D eigenvalue weighted by molar-refractivity contribution is 7.89. The van der Waals surface area contributed by atoms with Crippen LogP contribution >= 0.6 is 0 Å². The van der Waals surface area contributed by atoms with Crippen LogP contribution in [0.2, 0.25) is 0 Å². The van der Waals surface area contributed by atoms with Gasteiger partial charge in [0.1, 0.15) is 9.82 Å². The second-order valence-electron chi connectivity index (χ2n) is 5.79. The summed E-state index contributed by atoms with van der Waals surface area (Å²) in [7, 11) is -2.06. The molecule has 12 heteroatoms. The number of nitro groups is 1. The Morgan fingerprint density at radius 2 is 2.04 bits per heavy atom. The molecule has 0 unspecified atom stereocenters. The average molecular weight is 383 g/mol. The molecule has 140 valence electrons. The lowest BCUT2D eigenvalue weighted by atomic mass is 10.3. The number of aromatic nitrogens is 2. The Hall–Kier alpha value is -2.73. The van der Waals surface area contributed by atoms with Crippen LogP contribution in [0.5, 0.6) is 0 Å². The van der Waals surface area contributed by atoms with Gasteiger partial charge < -0.3 is 9.32 Å². The summed E-state index contributed by atoms with van der Waals surface area (Å²) in [5, 5.41) is 14.5. The molecular weight excluding hydrogens is 366 g/mol. The summed E-state index contributed by atoms with van der Waals surface area (Å²) in [6.07, 6.45) is 3.14. The second kappa shape index (κ2) is 6.88. The van der Waals surface area contributed by atoms with E-state index in [2.05, 4.69) is 5.10 Å². The van der Waals surface area contributed by atoms with Crippen LogP contribution < -0.4 is 0 Å². The van der Waals surface area contributed by atoms with E-state index in [1.54, 1.807) is 7.05 Å². The molecule has 0 atom stereocenters. The third-order valence-corrected chi connectivity index (χ3v) is 5.90. The molecule has 26 heavy (non-hydrogen) atoms. The molecule has 1 amide bonds. The fourth-order valence-corrected chi connectivity index (χ4v) is 4.17. The van der Waals surface area contributed by atoms with E-state index in [-0.39, 0.29) is 30.3 Å². The van der Waals surface area contributed by atoms with Crippen molar-refractivity contribution in [2.45, 2.75) is 11.3 Å². The van der Waals surface area contributed by atoms with Gasteiger partial charge >= 0.3 is 5.88 Å². The van der Waals surface area contributed by atoms with Gasteiger partial charge in [-0.25, -0.2) is 8.42 Å². The number of rotatable bonds is 4. The van der Waals surface area contributed by atoms with Crippen LogP contribution in [0.15, 0.2) is 33.8 Å². The fraction of sp³-hybridized carbons (Fsp3) is 0.429. The summed E-state index contributed by atoms with van der Waals surface area (Å²) < 4.78 is 33.0. The summed E-state index contributed by atoms with van der Waals surface area (Å²) in [5.74, 6) is -1.15. The van der Waals surface area contributed by atoms with E-state index in [9.17, 15) is 23.3 Å². The minimum Gasteiger partial charge on any atom is -0.395 e. The number of amides is 1. The molecule has 11 nitrogen and oxygen atoms in total. The average Bonchev–Trinajstić information content (AvgIpc) is 3.18. The van der Waals surface area contributed by atoms with Gasteiger partial charge in [0.05, 0.1) is 12.3 Å². The van der Waals surface area contributed by atoms with Crippen molar-refractivity contribution >= 4 is 21.8 Å². The van der Waals surface area contributed by atoms with E-state index in [1.165, 1.54) is 32.3 Å². The summed E-state index contributed by atoms with van der Waals surface area (Å²) in [6, 6.07) is 2.36. The van der Waals surface area contributed by atoms with E-state index in [0.29, 0.717) is 13.0 Å². The molecule has 3 rings (SSSR count). The summed E-state index contributed by atoms with van der Waals surface area (Å²) in [4.78, 5) is 23.9. The molecule has 1 aliphatic rings. The first-order valence-corrected chi connectivity index (χ1v) is 9.25. The van der Waals surface area contributed by atoms with Gasteiger partial charge in [-0.3, -0.25) is 19.6 Å². The first kappa shape index (κ1) is 18.1. The van der Waals surface area contributed by atoms with Crippen LogP contribution in [0.3, 0.4) is 0 Å². The Labute approximate surface area is 149 Å². The van der Waals surface area contributed by atoms with Crippen LogP contribution in [0.4, 0.5) is 5.88 Å². The molecule has 3 heterocycles. The largest absolute Gasteiger partial charge is 0.433 e. The van der Waals surface area contributed by atoms with Crippen molar-refractivity contribution < 1.29 is 22.6 Å². The van der Waals surface area contributed by atoms with Gasteiger partial charge in [0, 0.05) is 39.4 Å². The lowest BCUT2D eigenvalue weighted by Crippen LogP contribution is -2.37. The Kier molecular flexibility index (Phi) is 4.78. The molecule has 0 aliphatic carbocycles. The second-order valence-corrected chi connectivity index (χ2v) is 7.73. The minimum absolute atomic E-state index is 0.0986. The summed E-state index contributed by atoms with van der Waals surface area (Å²) in [6.45, 7) is 0.865. The zero-order valence-corrected chi connectivity index (χ0v) is 14.8. The number of furan rings is 1. The van der Waals surface area contributed by atoms with Crippen LogP contribution in [-0.2, 0) is 17.1 Å². The van der Waals surface area contributed by atoms with Crippen molar-refractivity contribution in [2.75, 3.05) is 26.2 Å². The van der Waals surface area contributed by atoms with Gasteiger partial charge in [0.2, 0.25) is 10.0 Å². The highest BCUT2D eigenvalue weighted by Crippen LogP contribution is 2.20. The highest BCUT2D eigenvalue weighted by atomic mass is 32.2. The number of hydrogen-bond donors (Lipinski definition) is 0. The van der Waals surface area contributed by atoms with Crippen molar-refractivity contribution in [1.82, 2.24) is 19.0 Å². The maximum absolute atomic E-state index is 12.7. The molecule has 0 radical (unpaired) electrons. The Morgan fingerprint density at radius 1 is 1.27 bits per heavy atom. The van der Waals surface area contributed by atoms with Gasteiger partial charge in [-0.2, -0.15) is 9.40 Å². The predicted molar refractivity (Wildman–Crippen MR) is 87.8 cm³/mol. The lowest BCUT2D eigenvalue weighted by molar-refractivity contribution is -0.402. The van der Waals surface area contributed by atoms with Gasteiger partial charge in [-0.15, -0.1) is 0 Å². The summed E-state index contributed by atoms with van der Waals surface area (Å²) in [5.41, 5.74) is 0. The Bertz CT molecular complexity index is 933. The fourth-order valence-electron chi connectivity index (χ4n) is 2.71. The zero-order chi connectivity index (χ0) is 18.9. The first-order chi connectivity index (χ1) is 12.3. The van der Waals surface area contributed by atoms with Gasteiger partial charge in [-0.05, 0) is 12.5 Å². The molecule has 0 bridgehead atoms. The normalized spacial score (nSPS) is 16.4. The number of hydrogen-bond acceptors (Lipinski definition) is 7. The molecule has 0 spiro atoms. The number of nitrogens with zero attached hydrogens (tertiary/aromatic N) is 5. The molecule has 0 aromatic carbocycles. The molecule has 1 fully saturated rings. The SMILES string of the molecule is Cn1cc(S(=O)(=O)N2CCCN(C(=O)c3ccc([N+](=O)[O-])o3)CC2)cn1. The first-order valence-electron chi connectivity index (χ1n) is 7.81. The third-order valence-electron chi connectivity index (χ3n) is 4.04. The molecule has 0 N–H and O–H groups in total. The van der Waals surface area contributed by atoms with E-state index in [0.717, 1.165) is 6.07 Å². The Balaban J connectivity index is 1.71. The molecule has 2 aromatic rings. The van der Waals surface area contributed by atoms with Gasteiger partial charge in [-0.1, -0.05) is 0 Å². The van der Waals surface area contributed by atoms with Crippen LogP contribution in [-0.4, -0.2) is 64.4 Å². The highest BCUT2D eigenvalue weighted by Gasteiger charge is 2.30. The molecule has 1 aliphatic heterocycles. The van der Waals surface area contributed by atoms with Crippen LogP contribution in [0.1, 0.15) is 17.0 Å². The predicted octanol–water partition coefficient (Wildman–Crippen LogP) is 0.458. The van der Waals surface area contributed by atoms with E-state index in [4.69, 9.17) is 4.42 Å². The van der Waals surface area contributed by atoms with Gasteiger partial charge in [0.25, 0.3) is 5.91 Å². The topological polar surface area (TPSA) is 132 Å². The van der Waals surface area contributed by atoms with Crippen molar-refractivity contribution in [1.29, 1.82) is 0 Å². The maximum Gasteiger partial charge on any atom is 0.433 e. The van der Waals surface area contributed by atoms with Crippen molar-refractivity contribution in [2.24, 2.45) is 7.05 Å². The van der Waals surface area contributed by atoms with E-state index in [1.807, 2.05) is 0 Å². The molecule has 2 aromatic heterocycles. The monoisotopic (exact) mass is 383 g/mol. The summed E-state index contributed by atoms with van der Waals surface area (Å²) >= 11 is 0. The quantitative estimate of drug-likeness (QED) is 0.553. The minimum atomic E-state index is -3.69. The van der Waals surface area contributed by atoms with Crippen LogP contribution in [0, 0.1) is 10.1 Å². The molecule has 1 saturated heterocycles. The third kappa shape index (κ3) is 3.46. The van der Waals surface area contributed by atoms with Crippen molar-refractivity contribution in [3.63, 3.8) is 0 Å². The number of carbonyl (C=O) groups excluding carboxylic acids is 1. The van der Waals surface area contributed by atoms with Crippen molar-refractivity contribution in [3.05, 3.63) is 40.4 Å². The number of carbonyl (C=O) groups is 1. The van der Waals surface area contributed by atoms with E-state index >= 15 is 0 Å². The smallest absolute Gasteiger partial charge is 0.395 e. The number of aryl methyl sites for hydroxylation is 1. The number of sulfonamides is 1. The van der Waals surface area contributed by atoms with Crippen LogP contribution in [0.25, 0.3) is 0 Å². The standard InChI is InChI=1S/C14H17N5O6S/c1-16-10-11(9-15-16)26(23,24)18-6-2-5-17(7-8-18)14(20)12-3-4-13(25-12)19(21)22/h3-4,9-10H,2,5-8H2,1H3. The van der Waals surface area contributed by atoms with E-state index < -0.39 is 26.7 Å². The lowest BCUT2D eigenvalue weighted by Gasteiger charge is -2.20. The van der Waals surface area contributed by atoms with Gasteiger partial charge in [0.15, 0.2) is 5.76 Å². The van der Waals surface area contributed by atoms with Crippen molar-refractivity contribution in [3.8, 4) is 0 Å². The Morgan fingerprint density at radius 3 is 2.65 bits per heavy atom. The molecule has 0 saturated carbocycles. The zero-order valence-electron chi connectivity index (χ0n) is 13.9. The maximum atomic E-state index is 12.7.